The number of carbonyl (C=O) groups excluding carboxylic acids is 1. The molecule has 4 nitrogen and oxygen atoms in total. The van der Waals surface area contributed by atoms with Crippen LogP contribution in [0.25, 0.3) is 0 Å². The lowest BCUT2D eigenvalue weighted by atomic mass is 10.2. The highest BCUT2D eigenvalue weighted by molar-refractivity contribution is 5.91. The van der Waals surface area contributed by atoms with E-state index in [1.165, 1.54) is 0 Å². The fraction of sp³-hybridized carbons (Fsp3) is 0.235. The van der Waals surface area contributed by atoms with E-state index in [1.54, 1.807) is 55.6 Å². The zero-order chi connectivity index (χ0) is 15.2. The second-order valence-electron chi connectivity index (χ2n) is 4.76. The third kappa shape index (κ3) is 4.24. The Labute approximate surface area is 124 Å². The molecule has 0 N–H and O–H groups in total. The summed E-state index contributed by atoms with van der Waals surface area (Å²) in [4.78, 5) is 12.0. The minimum Gasteiger partial charge on any atom is -0.497 e. The Morgan fingerprint density at radius 3 is 1.90 bits per heavy atom. The van der Waals surface area contributed by atoms with Gasteiger partial charge in [-0.1, -0.05) is 0 Å². The summed E-state index contributed by atoms with van der Waals surface area (Å²) < 4.78 is 15.9. The fourth-order valence-corrected chi connectivity index (χ4v) is 1.75. The number of hydrogen-bond acceptors (Lipinski definition) is 4. The summed E-state index contributed by atoms with van der Waals surface area (Å²) in [7, 11) is 1.59. The molecule has 0 aliphatic heterocycles. The summed E-state index contributed by atoms with van der Waals surface area (Å²) in [5.41, 5.74) is 0.474. The maximum absolute atomic E-state index is 12.0. The van der Waals surface area contributed by atoms with E-state index in [9.17, 15) is 4.79 Å². The van der Waals surface area contributed by atoms with Crippen LogP contribution in [0.4, 0.5) is 0 Å². The second kappa shape index (κ2) is 6.79. The monoisotopic (exact) mass is 286 g/mol. The predicted molar refractivity (Wildman–Crippen MR) is 80.2 cm³/mol. The molecule has 0 aliphatic carbocycles. The molecule has 0 fully saturated rings. The lowest BCUT2D eigenvalue weighted by molar-refractivity contribution is 0.0734. The van der Waals surface area contributed by atoms with Crippen molar-refractivity contribution in [3.05, 3.63) is 54.1 Å². The summed E-state index contributed by atoms with van der Waals surface area (Å²) in [6, 6.07) is 13.7. The number of methoxy groups -OCH3 is 1. The van der Waals surface area contributed by atoms with Crippen LogP contribution in [0.2, 0.25) is 0 Å². The van der Waals surface area contributed by atoms with Gasteiger partial charge in [0.05, 0.1) is 18.8 Å². The number of hydrogen-bond donors (Lipinski definition) is 0. The van der Waals surface area contributed by atoms with E-state index in [2.05, 4.69) is 0 Å². The first kappa shape index (κ1) is 14.9. The highest BCUT2D eigenvalue weighted by Crippen LogP contribution is 2.19. The molecule has 0 aromatic heterocycles. The molecule has 0 amide bonds. The van der Waals surface area contributed by atoms with Crippen LogP contribution in [-0.2, 0) is 0 Å². The molecule has 21 heavy (non-hydrogen) atoms. The van der Waals surface area contributed by atoms with Crippen molar-refractivity contribution in [1.29, 1.82) is 0 Å². The van der Waals surface area contributed by atoms with Gasteiger partial charge in [-0.25, -0.2) is 4.79 Å². The molecule has 0 radical (unpaired) electrons. The molecule has 0 bridgehead atoms. The zero-order valence-electron chi connectivity index (χ0n) is 12.3. The fourth-order valence-electron chi connectivity index (χ4n) is 1.75. The van der Waals surface area contributed by atoms with Crippen molar-refractivity contribution in [2.75, 3.05) is 7.11 Å². The molecule has 0 saturated heterocycles. The average Bonchev–Trinajstić information content (AvgIpc) is 2.48. The topological polar surface area (TPSA) is 44.8 Å². The van der Waals surface area contributed by atoms with E-state index in [4.69, 9.17) is 14.2 Å². The Kier molecular flexibility index (Phi) is 4.82. The van der Waals surface area contributed by atoms with Crippen LogP contribution in [0, 0.1) is 0 Å². The molecule has 4 heteroatoms. The number of ether oxygens (including phenoxy) is 3. The Morgan fingerprint density at radius 1 is 0.857 bits per heavy atom. The number of rotatable bonds is 5. The summed E-state index contributed by atoms with van der Waals surface area (Å²) in [5.74, 6) is 1.51. The van der Waals surface area contributed by atoms with Crippen LogP contribution in [-0.4, -0.2) is 19.2 Å². The van der Waals surface area contributed by atoms with Gasteiger partial charge in [-0.05, 0) is 62.4 Å². The summed E-state index contributed by atoms with van der Waals surface area (Å²) >= 11 is 0. The van der Waals surface area contributed by atoms with Crippen molar-refractivity contribution in [3.63, 3.8) is 0 Å². The van der Waals surface area contributed by atoms with Gasteiger partial charge in [-0.15, -0.1) is 0 Å². The maximum atomic E-state index is 12.0. The Balaban J connectivity index is 2.02. The molecule has 0 unspecified atom stereocenters. The molecule has 0 heterocycles. The second-order valence-corrected chi connectivity index (χ2v) is 4.76. The summed E-state index contributed by atoms with van der Waals surface area (Å²) in [6.07, 6.45) is 0.0992. The number of benzene rings is 2. The van der Waals surface area contributed by atoms with Crippen LogP contribution in [0.1, 0.15) is 24.2 Å². The Hall–Kier alpha value is -2.49. The van der Waals surface area contributed by atoms with Gasteiger partial charge in [0.15, 0.2) is 0 Å². The lowest BCUT2D eigenvalue weighted by Crippen LogP contribution is -2.09. The van der Waals surface area contributed by atoms with Gasteiger partial charge in [0.1, 0.15) is 17.2 Å². The van der Waals surface area contributed by atoms with Gasteiger partial charge < -0.3 is 14.2 Å². The van der Waals surface area contributed by atoms with Gasteiger partial charge in [0.25, 0.3) is 0 Å². The highest BCUT2D eigenvalue weighted by atomic mass is 16.5. The third-order valence-electron chi connectivity index (χ3n) is 2.73. The van der Waals surface area contributed by atoms with Crippen molar-refractivity contribution in [2.24, 2.45) is 0 Å². The highest BCUT2D eigenvalue weighted by Gasteiger charge is 2.09. The smallest absolute Gasteiger partial charge is 0.343 e. The van der Waals surface area contributed by atoms with Gasteiger partial charge in [-0.3, -0.25) is 0 Å². The quantitative estimate of drug-likeness (QED) is 0.621. The number of esters is 1. The standard InChI is InChI=1S/C17H18O4/c1-12(2)20-15-6-4-13(5-7-15)17(18)21-16-10-8-14(19-3)9-11-16/h4-12H,1-3H3. The molecule has 0 saturated carbocycles. The van der Waals surface area contributed by atoms with E-state index >= 15 is 0 Å². The van der Waals surface area contributed by atoms with Crippen molar-refractivity contribution >= 4 is 5.97 Å². The zero-order valence-corrected chi connectivity index (χ0v) is 12.3. The molecule has 2 aromatic carbocycles. The minimum atomic E-state index is -0.406. The first-order valence-corrected chi connectivity index (χ1v) is 6.71. The van der Waals surface area contributed by atoms with Crippen molar-refractivity contribution in [2.45, 2.75) is 20.0 Å². The van der Waals surface area contributed by atoms with E-state index in [0.29, 0.717) is 17.1 Å². The summed E-state index contributed by atoms with van der Waals surface area (Å²) in [6.45, 7) is 3.90. The Bertz CT molecular complexity index is 585. The minimum absolute atomic E-state index is 0.0992. The first-order chi connectivity index (χ1) is 10.1. The van der Waals surface area contributed by atoms with E-state index < -0.39 is 5.97 Å². The van der Waals surface area contributed by atoms with E-state index in [-0.39, 0.29) is 6.10 Å². The van der Waals surface area contributed by atoms with Gasteiger partial charge in [-0.2, -0.15) is 0 Å². The van der Waals surface area contributed by atoms with Gasteiger partial charge in [0.2, 0.25) is 0 Å². The van der Waals surface area contributed by atoms with E-state index in [1.807, 2.05) is 13.8 Å². The summed E-state index contributed by atoms with van der Waals surface area (Å²) in [5, 5.41) is 0. The number of carbonyl (C=O) groups is 1. The average molecular weight is 286 g/mol. The first-order valence-electron chi connectivity index (χ1n) is 6.71. The normalized spacial score (nSPS) is 10.3. The molecule has 0 atom stereocenters. The van der Waals surface area contributed by atoms with Crippen LogP contribution < -0.4 is 14.2 Å². The van der Waals surface area contributed by atoms with Crippen LogP contribution >= 0.6 is 0 Å². The Morgan fingerprint density at radius 2 is 1.38 bits per heavy atom. The molecule has 2 aromatic rings. The van der Waals surface area contributed by atoms with Crippen molar-refractivity contribution in [1.82, 2.24) is 0 Å². The van der Waals surface area contributed by atoms with Crippen molar-refractivity contribution < 1.29 is 19.0 Å². The molecule has 0 aliphatic rings. The molecule has 2 rings (SSSR count). The van der Waals surface area contributed by atoms with Crippen LogP contribution in [0.15, 0.2) is 48.5 Å². The van der Waals surface area contributed by atoms with Gasteiger partial charge in [0, 0.05) is 0 Å². The lowest BCUT2D eigenvalue weighted by Gasteiger charge is -2.10. The third-order valence-corrected chi connectivity index (χ3v) is 2.73. The van der Waals surface area contributed by atoms with E-state index in [0.717, 1.165) is 5.75 Å². The molecular weight excluding hydrogens is 268 g/mol. The molecule has 110 valence electrons. The predicted octanol–water partition coefficient (Wildman–Crippen LogP) is 3.70. The van der Waals surface area contributed by atoms with Crippen molar-refractivity contribution in [3.8, 4) is 17.2 Å². The largest absolute Gasteiger partial charge is 0.497 e. The maximum Gasteiger partial charge on any atom is 0.343 e. The van der Waals surface area contributed by atoms with Crippen LogP contribution in [0.5, 0.6) is 17.2 Å². The van der Waals surface area contributed by atoms with Gasteiger partial charge >= 0.3 is 5.97 Å². The molecular formula is C17H18O4. The molecule has 0 spiro atoms. The van der Waals surface area contributed by atoms with Crippen LogP contribution in [0.3, 0.4) is 0 Å². The SMILES string of the molecule is COc1ccc(OC(=O)c2ccc(OC(C)C)cc2)cc1.